The van der Waals surface area contributed by atoms with Gasteiger partial charge in [0.2, 0.25) is 0 Å². The van der Waals surface area contributed by atoms with Gasteiger partial charge in [-0.1, -0.05) is 44.2 Å². The fraction of sp³-hybridized carbons (Fsp3) is 0.867. The van der Waals surface area contributed by atoms with Gasteiger partial charge in [-0.25, -0.2) is 0 Å². The average molecular weight is 299 g/mol. The van der Waals surface area contributed by atoms with E-state index in [2.05, 4.69) is 10.5 Å². The lowest BCUT2D eigenvalue weighted by molar-refractivity contribution is -0.143. The Balaban J connectivity index is 2.99. The molecule has 1 unspecified atom stereocenters. The number of nitrogens with zero attached hydrogens (tertiary/aromatic N) is 1. The van der Waals surface area contributed by atoms with Gasteiger partial charge in [-0.05, 0) is 26.2 Å². The zero-order chi connectivity index (χ0) is 15.9. The van der Waals surface area contributed by atoms with Crippen molar-refractivity contribution < 1.29 is 14.7 Å². The topological polar surface area (TPSA) is 96.9 Å². The van der Waals surface area contributed by atoms with Crippen molar-refractivity contribution in [3.63, 3.8) is 0 Å². The molecule has 0 aromatic rings. The maximum absolute atomic E-state index is 12.6. The average Bonchev–Trinajstić information content (AvgIpc) is 2.48. The molecule has 4 N–H and O–H groups in total. The highest BCUT2D eigenvalue weighted by atomic mass is 16.5. The van der Waals surface area contributed by atoms with Gasteiger partial charge in [0.05, 0.1) is 0 Å². The van der Waals surface area contributed by atoms with Gasteiger partial charge in [0.1, 0.15) is 11.1 Å². The van der Waals surface area contributed by atoms with E-state index in [4.69, 9.17) is 15.7 Å². The lowest BCUT2D eigenvalue weighted by Gasteiger charge is -2.38. The molecule has 0 spiro atoms. The Hall–Kier alpha value is -1.30. The van der Waals surface area contributed by atoms with Gasteiger partial charge in [0, 0.05) is 7.11 Å². The predicted octanol–water partition coefficient (Wildman–Crippen LogP) is 2.15. The van der Waals surface area contributed by atoms with Gasteiger partial charge in [0.15, 0.2) is 5.84 Å². The molecule has 0 aromatic heterocycles. The number of amidine groups is 1. The standard InChI is InChI=1S/C15H29N3O3/c1-4-14(2,21-3)13(19)17-15(12(16)18-20)10-8-6-5-7-9-11-15/h20H,4-11H2,1-3H3,(H2,16,18)(H,17,19). The smallest absolute Gasteiger partial charge is 0.252 e. The van der Waals surface area contributed by atoms with Crippen molar-refractivity contribution in [3.8, 4) is 0 Å². The van der Waals surface area contributed by atoms with Crippen molar-refractivity contribution in [2.24, 2.45) is 10.9 Å². The molecule has 1 aliphatic carbocycles. The van der Waals surface area contributed by atoms with Gasteiger partial charge < -0.3 is 21.0 Å². The van der Waals surface area contributed by atoms with Crippen LogP contribution in [0, 0.1) is 0 Å². The van der Waals surface area contributed by atoms with E-state index in [1.54, 1.807) is 6.92 Å². The molecule has 1 aliphatic rings. The Morgan fingerprint density at radius 3 is 2.29 bits per heavy atom. The molecule has 0 radical (unpaired) electrons. The number of nitrogens with two attached hydrogens (primary N) is 1. The Bertz CT molecular complexity index is 370. The first-order chi connectivity index (χ1) is 9.94. The zero-order valence-corrected chi connectivity index (χ0v) is 13.4. The highest BCUT2D eigenvalue weighted by Gasteiger charge is 2.41. The molecular weight excluding hydrogens is 270 g/mol. The summed E-state index contributed by atoms with van der Waals surface area (Å²) in [5.74, 6) is -0.119. The van der Waals surface area contributed by atoms with Crippen LogP contribution < -0.4 is 11.1 Å². The third kappa shape index (κ3) is 4.09. The first-order valence-corrected chi connectivity index (χ1v) is 7.80. The van der Waals surface area contributed by atoms with E-state index in [0.29, 0.717) is 19.3 Å². The maximum atomic E-state index is 12.6. The number of carbonyl (C=O) groups excluding carboxylic acids is 1. The van der Waals surface area contributed by atoms with Gasteiger partial charge >= 0.3 is 0 Å². The normalized spacial score (nSPS) is 22.7. The number of carbonyl (C=O) groups is 1. The van der Waals surface area contributed by atoms with Crippen molar-refractivity contribution in [1.82, 2.24) is 5.32 Å². The van der Waals surface area contributed by atoms with Crippen LogP contribution in [0.4, 0.5) is 0 Å². The molecule has 122 valence electrons. The van der Waals surface area contributed by atoms with Crippen LogP contribution in [0.2, 0.25) is 0 Å². The minimum absolute atomic E-state index is 0.0901. The first kappa shape index (κ1) is 17.8. The van der Waals surface area contributed by atoms with Crippen molar-refractivity contribution in [2.45, 2.75) is 76.4 Å². The summed E-state index contributed by atoms with van der Waals surface area (Å²) in [5, 5.41) is 15.3. The van der Waals surface area contributed by atoms with E-state index in [9.17, 15) is 4.79 Å². The molecule has 1 saturated carbocycles. The number of amides is 1. The molecule has 1 fully saturated rings. The fourth-order valence-corrected chi connectivity index (χ4v) is 2.80. The number of ether oxygens (including phenoxy) is 1. The summed E-state index contributed by atoms with van der Waals surface area (Å²) < 4.78 is 5.35. The summed E-state index contributed by atoms with van der Waals surface area (Å²) in [4.78, 5) is 12.6. The number of rotatable bonds is 5. The first-order valence-electron chi connectivity index (χ1n) is 7.80. The van der Waals surface area contributed by atoms with E-state index in [1.165, 1.54) is 13.5 Å². The molecule has 0 aliphatic heterocycles. The monoisotopic (exact) mass is 299 g/mol. The maximum Gasteiger partial charge on any atom is 0.252 e. The minimum Gasteiger partial charge on any atom is -0.409 e. The van der Waals surface area contributed by atoms with Crippen LogP contribution in [0.1, 0.15) is 65.2 Å². The van der Waals surface area contributed by atoms with Crippen LogP contribution in [-0.2, 0) is 9.53 Å². The summed E-state index contributed by atoms with van der Waals surface area (Å²) in [6.45, 7) is 3.66. The lowest BCUT2D eigenvalue weighted by Crippen LogP contribution is -2.62. The second kappa shape index (κ2) is 7.64. The molecule has 0 saturated heterocycles. The third-order valence-corrected chi connectivity index (χ3v) is 4.76. The van der Waals surface area contributed by atoms with Crippen LogP contribution in [0.5, 0.6) is 0 Å². The fourth-order valence-electron chi connectivity index (χ4n) is 2.80. The Kier molecular flexibility index (Phi) is 6.45. The second-order valence-electron chi connectivity index (χ2n) is 6.08. The quantitative estimate of drug-likeness (QED) is 0.313. The summed E-state index contributed by atoms with van der Waals surface area (Å²) in [6.07, 6.45) is 7.25. The number of methoxy groups -OCH3 is 1. The van der Waals surface area contributed by atoms with Gasteiger partial charge in [-0.15, -0.1) is 0 Å². The number of nitrogens with one attached hydrogen (secondary N) is 1. The molecule has 1 rings (SSSR count). The van der Waals surface area contributed by atoms with Gasteiger partial charge in [-0.3, -0.25) is 4.79 Å². The molecule has 21 heavy (non-hydrogen) atoms. The Morgan fingerprint density at radius 1 is 1.33 bits per heavy atom. The number of oxime groups is 1. The summed E-state index contributed by atoms with van der Waals surface area (Å²) in [7, 11) is 1.53. The molecule has 6 heteroatoms. The van der Waals surface area contributed by atoms with Crippen molar-refractivity contribution >= 4 is 11.7 Å². The lowest BCUT2D eigenvalue weighted by atomic mass is 9.82. The Labute approximate surface area is 127 Å². The van der Waals surface area contributed by atoms with Crippen LogP contribution >= 0.6 is 0 Å². The molecule has 0 bridgehead atoms. The van der Waals surface area contributed by atoms with E-state index >= 15 is 0 Å². The molecule has 1 amide bonds. The summed E-state index contributed by atoms with van der Waals surface area (Å²) >= 11 is 0. The highest BCUT2D eigenvalue weighted by molar-refractivity contribution is 5.96. The molecule has 6 nitrogen and oxygen atoms in total. The van der Waals surface area contributed by atoms with Gasteiger partial charge in [0.25, 0.3) is 5.91 Å². The van der Waals surface area contributed by atoms with Crippen LogP contribution in [-0.4, -0.2) is 35.2 Å². The molecule has 0 aromatic carbocycles. The van der Waals surface area contributed by atoms with Crippen molar-refractivity contribution in [2.75, 3.05) is 7.11 Å². The molecule has 1 atom stereocenters. The number of hydrogen-bond acceptors (Lipinski definition) is 4. The predicted molar refractivity (Wildman–Crippen MR) is 82.3 cm³/mol. The van der Waals surface area contributed by atoms with Crippen LogP contribution in [0.3, 0.4) is 0 Å². The van der Waals surface area contributed by atoms with E-state index in [-0.39, 0.29) is 11.7 Å². The summed E-state index contributed by atoms with van der Waals surface area (Å²) in [5.41, 5.74) is 4.26. The van der Waals surface area contributed by atoms with Crippen molar-refractivity contribution in [3.05, 3.63) is 0 Å². The highest BCUT2D eigenvalue weighted by Crippen LogP contribution is 2.28. The zero-order valence-electron chi connectivity index (χ0n) is 13.4. The van der Waals surface area contributed by atoms with E-state index in [0.717, 1.165) is 25.7 Å². The molecular formula is C15H29N3O3. The van der Waals surface area contributed by atoms with E-state index < -0.39 is 11.1 Å². The Morgan fingerprint density at radius 2 is 1.86 bits per heavy atom. The largest absolute Gasteiger partial charge is 0.409 e. The SMILES string of the molecule is CCC(C)(OC)C(=O)NC1(C(N)=NO)CCCCCCC1. The van der Waals surface area contributed by atoms with Crippen molar-refractivity contribution in [1.29, 1.82) is 0 Å². The number of hydrogen-bond donors (Lipinski definition) is 3. The van der Waals surface area contributed by atoms with Gasteiger partial charge in [-0.2, -0.15) is 0 Å². The van der Waals surface area contributed by atoms with Crippen LogP contribution in [0.15, 0.2) is 5.16 Å². The van der Waals surface area contributed by atoms with E-state index in [1.807, 2.05) is 6.92 Å². The minimum atomic E-state index is -0.898. The third-order valence-electron chi connectivity index (χ3n) is 4.76. The van der Waals surface area contributed by atoms with Crippen LogP contribution in [0.25, 0.3) is 0 Å². The molecule has 0 heterocycles. The second-order valence-corrected chi connectivity index (χ2v) is 6.08. The summed E-state index contributed by atoms with van der Waals surface area (Å²) in [6, 6.07) is 0.